The zero-order chi connectivity index (χ0) is 38.2. The van der Waals surface area contributed by atoms with Gasteiger partial charge in [0.1, 0.15) is 0 Å². The minimum Gasteiger partial charge on any atom is -0.452 e. The molecule has 0 atom stereocenters. The Morgan fingerprint density at radius 3 is 1.55 bits per heavy atom. The number of hydrogen-bond acceptors (Lipinski definition) is 1. The predicted molar refractivity (Wildman–Crippen MR) is 244 cm³/mol. The summed E-state index contributed by atoms with van der Waals surface area (Å²) in [5, 5.41) is 10.4. The number of para-hydroxylation sites is 4. The van der Waals surface area contributed by atoms with E-state index in [0.717, 1.165) is 39.5 Å². The van der Waals surface area contributed by atoms with E-state index in [2.05, 4.69) is 228 Å². The molecule has 1 aliphatic rings. The average molecular weight is 757 g/mol. The fourth-order valence-electron chi connectivity index (χ4n) is 9.80. The highest BCUT2D eigenvalue weighted by molar-refractivity contribution is 7.20. The van der Waals surface area contributed by atoms with Gasteiger partial charge in [-0.3, -0.25) is 0 Å². The molecule has 0 saturated carbocycles. The maximum Gasteiger partial charge on any atom is 0.179 e. The molecule has 9 aromatic carbocycles. The highest BCUT2D eigenvalue weighted by Crippen LogP contribution is 2.48. The lowest BCUT2D eigenvalue weighted by Crippen LogP contribution is -2.74. The summed E-state index contributed by atoms with van der Waals surface area (Å²) in [6.45, 7) is 0. The van der Waals surface area contributed by atoms with E-state index in [-0.39, 0.29) is 0 Å². The lowest BCUT2D eigenvalue weighted by atomic mass is 10.0. The van der Waals surface area contributed by atoms with Crippen LogP contribution in [0.2, 0.25) is 0 Å². The van der Waals surface area contributed by atoms with E-state index in [0.29, 0.717) is 0 Å². The van der Waals surface area contributed by atoms with Gasteiger partial charge < -0.3 is 13.9 Å². The molecule has 0 unspecified atom stereocenters. The minimum atomic E-state index is -2.70. The molecule has 272 valence electrons. The Kier molecular flexibility index (Phi) is 7.25. The van der Waals surface area contributed by atoms with Gasteiger partial charge in [-0.15, -0.1) is 0 Å². The summed E-state index contributed by atoms with van der Waals surface area (Å²) in [4.78, 5) is 0. The lowest BCUT2D eigenvalue weighted by Gasteiger charge is -2.34. The predicted octanol–water partition coefficient (Wildman–Crippen LogP) is 11.0. The van der Waals surface area contributed by atoms with Gasteiger partial charge in [-0.2, -0.15) is 0 Å². The number of ether oxygens (including phenoxy) is 1. The van der Waals surface area contributed by atoms with Crippen LogP contribution in [0.25, 0.3) is 66.1 Å². The van der Waals surface area contributed by atoms with Gasteiger partial charge in [-0.1, -0.05) is 176 Å². The third-order valence-corrected chi connectivity index (χ3v) is 17.0. The van der Waals surface area contributed by atoms with Crippen LogP contribution in [0.4, 0.5) is 0 Å². The smallest absolute Gasteiger partial charge is 0.179 e. The van der Waals surface area contributed by atoms with E-state index >= 15 is 0 Å². The maximum absolute atomic E-state index is 6.79. The third kappa shape index (κ3) is 4.67. The Balaban J connectivity index is 1.02. The molecule has 11 aromatic rings. The number of fused-ring (bicyclic) bond motifs is 8. The molecule has 2 aromatic heterocycles. The Bertz CT molecular complexity index is 3250. The fraction of sp³-hybridized carbons (Fsp3) is 0. The van der Waals surface area contributed by atoms with Crippen molar-refractivity contribution in [2.24, 2.45) is 0 Å². The molecule has 58 heavy (non-hydrogen) atoms. The van der Waals surface area contributed by atoms with Gasteiger partial charge in [0.25, 0.3) is 0 Å². The molecule has 0 N–H and O–H groups in total. The van der Waals surface area contributed by atoms with Crippen molar-refractivity contribution < 1.29 is 4.74 Å². The van der Waals surface area contributed by atoms with E-state index in [1.54, 1.807) is 0 Å². The number of aromatic nitrogens is 2. The number of nitrogens with zero attached hydrogens (tertiary/aromatic N) is 2. The molecule has 0 spiro atoms. The summed E-state index contributed by atoms with van der Waals surface area (Å²) in [6, 6.07) is 80.1. The quantitative estimate of drug-likeness (QED) is 0.122. The fourth-order valence-corrected chi connectivity index (χ4v) is 14.6. The highest BCUT2D eigenvalue weighted by Gasteiger charge is 2.41. The van der Waals surface area contributed by atoms with Crippen LogP contribution in [0.15, 0.2) is 218 Å². The van der Waals surface area contributed by atoms with Crippen molar-refractivity contribution in [3.63, 3.8) is 0 Å². The Labute approximate surface area is 337 Å². The van der Waals surface area contributed by atoms with Crippen molar-refractivity contribution in [2.75, 3.05) is 0 Å². The Morgan fingerprint density at radius 2 is 0.897 bits per heavy atom. The number of rotatable bonds is 6. The van der Waals surface area contributed by atoms with E-state index in [1.807, 2.05) is 0 Å². The first-order chi connectivity index (χ1) is 28.8. The second-order valence-electron chi connectivity index (χ2n) is 15.2. The summed E-state index contributed by atoms with van der Waals surface area (Å²) in [7, 11) is -2.70. The zero-order valence-electron chi connectivity index (χ0n) is 31.6. The topological polar surface area (TPSA) is 19.1 Å². The van der Waals surface area contributed by atoms with Crippen molar-refractivity contribution in [3.8, 4) is 34.0 Å². The SMILES string of the molecule is c1ccc([Si](c2ccccc2)(c2ccccc2)c2ccc3c(c2)c2ccccc2n3-c2ccc(-c3cccc4c3Oc3cccc5c6ccccc6n-4c35)cc2)cc1. The van der Waals surface area contributed by atoms with Gasteiger partial charge in [0.05, 0.1) is 27.8 Å². The molecule has 0 fully saturated rings. The van der Waals surface area contributed by atoms with Crippen molar-refractivity contribution >= 4 is 72.4 Å². The molecule has 1 aliphatic heterocycles. The van der Waals surface area contributed by atoms with Gasteiger partial charge in [0.2, 0.25) is 0 Å². The van der Waals surface area contributed by atoms with Crippen LogP contribution < -0.4 is 25.5 Å². The molecule has 0 radical (unpaired) electrons. The molecule has 3 heterocycles. The molecule has 4 heteroatoms. The summed E-state index contributed by atoms with van der Waals surface area (Å²) in [5.74, 6) is 1.76. The van der Waals surface area contributed by atoms with Crippen molar-refractivity contribution in [1.29, 1.82) is 0 Å². The zero-order valence-corrected chi connectivity index (χ0v) is 32.6. The van der Waals surface area contributed by atoms with Crippen LogP contribution in [-0.4, -0.2) is 17.2 Å². The number of benzene rings is 9. The van der Waals surface area contributed by atoms with Gasteiger partial charge in [0.15, 0.2) is 19.6 Å². The summed E-state index contributed by atoms with van der Waals surface area (Å²) in [5.41, 5.74) is 9.05. The maximum atomic E-state index is 6.79. The van der Waals surface area contributed by atoms with Crippen molar-refractivity contribution in [2.45, 2.75) is 0 Å². The van der Waals surface area contributed by atoms with Crippen LogP contribution in [0.1, 0.15) is 0 Å². The second kappa shape index (κ2) is 12.8. The van der Waals surface area contributed by atoms with Crippen LogP contribution in [-0.2, 0) is 0 Å². The van der Waals surface area contributed by atoms with E-state index in [1.165, 1.54) is 58.8 Å². The molecular weight excluding hydrogens is 721 g/mol. The molecule has 12 rings (SSSR count). The van der Waals surface area contributed by atoms with Crippen molar-refractivity contribution in [1.82, 2.24) is 9.13 Å². The first kappa shape index (κ1) is 32.8. The summed E-state index contributed by atoms with van der Waals surface area (Å²) < 4.78 is 11.6. The first-order valence-electron chi connectivity index (χ1n) is 19.9. The van der Waals surface area contributed by atoms with Gasteiger partial charge in [-0.25, -0.2) is 0 Å². The van der Waals surface area contributed by atoms with Crippen LogP contribution in [0.3, 0.4) is 0 Å². The normalized spacial score (nSPS) is 12.3. The van der Waals surface area contributed by atoms with Crippen LogP contribution in [0.5, 0.6) is 11.5 Å². The third-order valence-electron chi connectivity index (χ3n) is 12.3. The number of hydrogen-bond donors (Lipinski definition) is 0. The highest BCUT2D eigenvalue weighted by atomic mass is 28.3. The molecule has 0 bridgehead atoms. The van der Waals surface area contributed by atoms with Gasteiger partial charge >= 0.3 is 0 Å². The molecule has 0 amide bonds. The standard InChI is InChI=1S/C54H36N2OSi/c1-4-16-39(17-5-1)58(40-18-6-2-7-19-40,41-20-8-3-9-21-41)42-34-35-50-47(36-42)45-23-11-12-26-48(45)55(50)38-32-30-37(31-33-38)43-24-14-28-51-54(43)57-52-29-15-25-46-44-22-10-13-27-49(44)56(51)53(46)52/h1-36H. The average Bonchev–Trinajstić information content (AvgIpc) is 3.82. The molecule has 3 nitrogen and oxygen atoms in total. The van der Waals surface area contributed by atoms with Crippen LogP contribution in [0, 0.1) is 0 Å². The largest absolute Gasteiger partial charge is 0.452 e. The minimum absolute atomic E-state index is 0.879. The Hall–Kier alpha value is -7.40. The van der Waals surface area contributed by atoms with E-state index in [4.69, 9.17) is 4.74 Å². The van der Waals surface area contributed by atoms with Crippen molar-refractivity contribution in [3.05, 3.63) is 218 Å². The Morgan fingerprint density at radius 1 is 0.362 bits per heavy atom. The van der Waals surface area contributed by atoms with Crippen LogP contribution >= 0.6 is 0 Å². The van der Waals surface area contributed by atoms with E-state index in [9.17, 15) is 0 Å². The van der Waals surface area contributed by atoms with Gasteiger partial charge in [-0.05, 0) is 68.8 Å². The first-order valence-corrected chi connectivity index (χ1v) is 21.9. The second-order valence-corrected chi connectivity index (χ2v) is 19.0. The molecular formula is C54H36N2OSi. The van der Waals surface area contributed by atoms with E-state index < -0.39 is 8.07 Å². The molecule has 0 saturated heterocycles. The molecule has 0 aliphatic carbocycles. The summed E-state index contributed by atoms with van der Waals surface area (Å²) >= 11 is 0. The summed E-state index contributed by atoms with van der Waals surface area (Å²) in [6.07, 6.45) is 0. The monoisotopic (exact) mass is 756 g/mol. The van der Waals surface area contributed by atoms with Gasteiger partial charge in [0, 0.05) is 32.8 Å². The lowest BCUT2D eigenvalue weighted by molar-refractivity contribution is 0.478.